The van der Waals surface area contributed by atoms with Gasteiger partial charge in [-0.2, -0.15) is 0 Å². The van der Waals surface area contributed by atoms with Gasteiger partial charge >= 0.3 is 0 Å². The molecule has 12 heteroatoms. The molecule has 2 heterocycles. The highest BCUT2D eigenvalue weighted by atomic mass is 79.9. The van der Waals surface area contributed by atoms with E-state index in [0.29, 0.717) is 34.7 Å². The molecule has 266 valence electrons. The molecule has 2 aliphatic heterocycles. The van der Waals surface area contributed by atoms with Gasteiger partial charge in [-0.3, -0.25) is 14.4 Å². The van der Waals surface area contributed by atoms with Crippen LogP contribution in [0.25, 0.3) is 0 Å². The largest absolute Gasteiger partial charge is 0.399 e. The molecule has 9 nitrogen and oxygen atoms in total. The number of nitrogens with one attached hydrogen (secondary N) is 1. The van der Waals surface area contributed by atoms with Gasteiger partial charge < -0.3 is 34.8 Å². The number of benzene rings is 4. The summed E-state index contributed by atoms with van der Waals surface area (Å²) in [6.45, 7) is 5.48. The highest BCUT2D eigenvalue weighted by molar-refractivity contribution is 9.10. The Balaban J connectivity index is 1.26. The van der Waals surface area contributed by atoms with E-state index in [-0.39, 0.29) is 43.8 Å². The molecule has 51 heavy (non-hydrogen) atoms. The molecule has 3 amide bonds. The van der Waals surface area contributed by atoms with E-state index in [4.69, 9.17) is 10.5 Å². The van der Waals surface area contributed by atoms with Crippen LogP contribution in [0, 0.1) is 5.92 Å². The van der Waals surface area contributed by atoms with Crippen molar-refractivity contribution in [3.63, 3.8) is 0 Å². The second-order valence-electron chi connectivity index (χ2n) is 13.8. The molecule has 0 bridgehead atoms. The maximum atomic E-state index is 16.4. The van der Waals surface area contributed by atoms with Gasteiger partial charge in [0.15, 0.2) is 5.60 Å². The van der Waals surface area contributed by atoms with Crippen LogP contribution in [0.15, 0.2) is 102 Å². The lowest BCUT2D eigenvalue weighted by atomic mass is 9.82. The van der Waals surface area contributed by atoms with Crippen LogP contribution >= 0.6 is 15.9 Å². The number of carbonyl (C=O) groups is 3. The summed E-state index contributed by atoms with van der Waals surface area (Å²) < 4.78 is 23.9. The van der Waals surface area contributed by atoms with Crippen LogP contribution in [0.1, 0.15) is 40.4 Å². The number of anilines is 3. The molecule has 0 aromatic heterocycles. The normalized spacial score (nSPS) is 21.2. The van der Waals surface area contributed by atoms with E-state index in [1.165, 1.54) is 0 Å². The Labute approximate surface area is 306 Å². The van der Waals surface area contributed by atoms with Gasteiger partial charge in [0.05, 0.1) is 31.4 Å². The van der Waals surface area contributed by atoms with E-state index >= 15 is 4.11 Å². The monoisotopic (exact) mass is 772 g/mol. The zero-order valence-corrected chi connectivity index (χ0v) is 31.4. The Morgan fingerprint density at radius 2 is 1.71 bits per heavy atom. The minimum absolute atomic E-state index is 0.120. The molecular weight excluding hydrogens is 731 g/mol. The van der Waals surface area contributed by atoms with Gasteiger partial charge in [0.1, 0.15) is 0 Å². The van der Waals surface area contributed by atoms with Crippen molar-refractivity contribution in [2.45, 2.75) is 56.8 Å². The number of amides is 3. The fourth-order valence-corrected chi connectivity index (χ4v) is 10.5. The van der Waals surface area contributed by atoms with Crippen molar-refractivity contribution in [2.24, 2.45) is 5.92 Å². The zero-order chi connectivity index (χ0) is 36.5. The molecule has 4 aromatic carbocycles. The van der Waals surface area contributed by atoms with Crippen molar-refractivity contribution in [3.8, 4) is 0 Å². The van der Waals surface area contributed by atoms with E-state index < -0.39 is 31.6 Å². The molecule has 4 N–H and O–H groups in total. The van der Waals surface area contributed by atoms with Crippen LogP contribution in [-0.2, 0) is 33.0 Å². The van der Waals surface area contributed by atoms with Crippen molar-refractivity contribution in [1.29, 1.82) is 0 Å². The molecule has 2 aliphatic rings. The Bertz CT molecular complexity index is 1910. The standard InChI is InChI=1S/C39H42BrFN4O5Si/c1-25-36(51(2,3)41)34(22-35(47)44(19-20-46)23-26-7-5-4-6-8-26)50-39(25)32-21-29(40)13-18-33(32)45(38(39)49)24-27-9-16-31(17-10-27)43-37(48)28-11-14-30(42)15-12-28/h4-18,21,25,34,36,46H,19-20,22-24,42H2,1-3H3,(H,43,48)/t25-,34+,36-,39+/m0/s1. The predicted octanol–water partition coefficient (Wildman–Crippen LogP) is 7.02. The van der Waals surface area contributed by atoms with Crippen LogP contribution < -0.4 is 16.0 Å². The highest BCUT2D eigenvalue weighted by Crippen LogP contribution is 2.60. The fourth-order valence-electron chi connectivity index (χ4n) is 7.61. The first-order valence-corrected chi connectivity index (χ1v) is 20.7. The Morgan fingerprint density at radius 1 is 1.02 bits per heavy atom. The maximum Gasteiger partial charge on any atom is 0.264 e. The third-order valence-electron chi connectivity index (χ3n) is 9.96. The number of rotatable bonds is 11. The SMILES string of the molecule is C[C@H]1[C@H]([Si](C)(C)F)[C@@H](CC(=O)N(CCO)Cc2ccccc2)O[C@]12C(=O)N(Cc1ccc(NC(=O)c3ccc(N)cc3)cc1)c1ccc(Br)cc12. The third kappa shape index (κ3) is 7.36. The van der Waals surface area contributed by atoms with Crippen LogP contribution in [-0.4, -0.2) is 55.4 Å². The second-order valence-corrected chi connectivity index (χ2v) is 18.5. The van der Waals surface area contributed by atoms with Gasteiger partial charge in [0.2, 0.25) is 14.3 Å². The maximum absolute atomic E-state index is 16.4. The summed E-state index contributed by atoms with van der Waals surface area (Å²) in [5.74, 6) is -1.42. The number of fused-ring (bicyclic) bond motifs is 2. The number of halogens is 2. The molecule has 0 unspecified atom stereocenters. The van der Waals surface area contributed by atoms with Gasteiger partial charge in [0, 0.05) is 51.5 Å². The summed E-state index contributed by atoms with van der Waals surface area (Å²) in [5.41, 5.74) is 8.24. The number of carbonyl (C=O) groups excluding carboxylic acids is 3. The quantitative estimate of drug-likeness (QED) is 0.0856. The average molecular weight is 774 g/mol. The number of ether oxygens (including phenoxy) is 1. The Kier molecular flexibility index (Phi) is 10.5. The smallest absolute Gasteiger partial charge is 0.264 e. The summed E-state index contributed by atoms with van der Waals surface area (Å²) in [5, 5.41) is 12.7. The molecule has 0 saturated carbocycles. The van der Waals surface area contributed by atoms with Gasteiger partial charge in [-0.05, 0) is 78.8 Å². The van der Waals surface area contributed by atoms with E-state index in [0.717, 1.165) is 15.6 Å². The number of hydrogen-bond acceptors (Lipinski definition) is 6. The minimum Gasteiger partial charge on any atom is -0.399 e. The summed E-state index contributed by atoms with van der Waals surface area (Å²) in [4.78, 5) is 44.6. The summed E-state index contributed by atoms with van der Waals surface area (Å²) in [6.07, 6.45) is -0.972. The van der Waals surface area contributed by atoms with Crippen molar-refractivity contribution in [1.82, 2.24) is 4.90 Å². The van der Waals surface area contributed by atoms with Gasteiger partial charge in [-0.15, -0.1) is 0 Å². The Hall–Kier alpha value is -4.36. The van der Waals surface area contributed by atoms with E-state index in [9.17, 15) is 19.5 Å². The minimum atomic E-state index is -3.51. The molecule has 0 radical (unpaired) electrons. The predicted molar refractivity (Wildman–Crippen MR) is 202 cm³/mol. The van der Waals surface area contributed by atoms with Crippen molar-refractivity contribution < 1.29 is 28.3 Å². The van der Waals surface area contributed by atoms with E-state index in [1.807, 2.05) is 67.6 Å². The average Bonchev–Trinajstić information content (AvgIpc) is 3.51. The van der Waals surface area contributed by atoms with Crippen LogP contribution in [0.4, 0.5) is 21.2 Å². The lowest BCUT2D eigenvalue weighted by molar-refractivity contribution is -0.150. The number of nitrogens with zero attached hydrogens (tertiary/aromatic N) is 2. The molecular formula is C39H42BrFN4O5Si. The van der Waals surface area contributed by atoms with Crippen LogP contribution in [0.3, 0.4) is 0 Å². The molecule has 0 aliphatic carbocycles. The molecule has 1 spiro atoms. The van der Waals surface area contributed by atoms with Gasteiger partial charge in [-0.1, -0.05) is 65.3 Å². The topological polar surface area (TPSA) is 125 Å². The van der Waals surface area contributed by atoms with Crippen LogP contribution in [0.2, 0.25) is 18.6 Å². The number of aliphatic hydroxyl groups excluding tert-OH is 1. The molecule has 1 saturated heterocycles. The molecule has 1 fully saturated rings. The second kappa shape index (κ2) is 14.7. The summed E-state index contributed by atoms with van der Waals surface area (Å²) in [6, 6.07) is 29.0. The summed E-state index contributed by atoms with van der Waals surface area (Å²) in [7, 11) is -3.51. The number of nitrogens with two attached hydrogens (primary N) is 1. The van der Waals surface area contributed by atoms with Crippen molar-refractivity contribution in [2.75, 3.05) is 29.1 Å². The fraction of sp³-hybridized carbons (Fsp3) is 0.308. The van der Waals surface area contributed by atoms with E-state index in [2.05, 4.69) is 21.2 Å². The lowest BCUT2D eigenvalue weighted by Gasteiger charge is -2.31. The number of nitrogen functional groups attached to an aromatic ring is 1. The first-order chi connectivity index (χ1) is 24.3. The van der Waals surface area contributed by atoms with Crippen molar-refractivity contribution >= 4 is 59.1 Å². The zero-order valence-electron chi connectivity index (χ0n) is 28.8. The molecule has 6 rings (SSSR count). The van der Waals surface area contributed by atoms with Gasteiger partial charge in [-0.25, -0.2) is 0 Å². The lowest BCUT2D eigenvalue weighted by Crippen LogP contribution is -2.45. The summed E-state index contributed by atoms with van der Waals surface area (Å²) >= 11 is 3.57. The van der Waals surface area contributed by atoms with Gasteiger partial charge in [0.25, 0.3) is 11.8 Å². The van der Waals surface area contributed by atoms with E-state index in [1.54, 1.807) is 59.3 Å². The number of hydrogen-bond donors (Lipinski definition) is 3. The number of aliphatic hydroxyl groups is 1. The first kappa shape index (κ1) is 36.4. The molecule has 4 aromatic rings. The molecule has 4 atom stereocenters. The van der Waals surface area contributed by atoms with Crippen LogP contribution in [0.5, 0.6) is 0 Å². The first-order valence-electron chi connectivity index (χ1n) is 17.0. The Morgan fingerprint density at radius 3 is 2.35 bits per heavy atom. The van der Waals surface area contributed by atoms with Crippen molar-refractivity contribution in [3.05, 3.63) is 124 Å². The third-order valence-corrected chi connectivity index (χ3v) is 12.9. The highest BCUT2D eigenvalue weighted by Gasteiger charge is 2.67.